The molecule has 38 heavy (non-hydrogen) atoms. The molecule has 2 aliphatic rings. The Morgan fingerprint density at radius 2 is 1.82 bits per heavy atom. The van der Waals surface area contributed by atoms with Crippen LogP contribution >= 0.6 is 0 Å². The molecule has 0 fully saturated rings. The van der Waals surface area contributed by atoms with Gasteiger partial charge in [-0.2, -0.15) is 5.10 Å². The Kier molecular flexibility index (Phi) is 9.12. The lowest BCUT2D eigenvalue weighted by Gasteiger charge is -2.35. The van der Waals surface area contributed by atoms with Gasteiger partial charge >= 0.3 is 5.97 Å². The molecule has 202 valence electrons. The smallest absolute Gasteiger partial charge is 0.333 e. The summed E-state index contributed by atoms with van der Waals surface area (Å²) in [7, 11) is 1.84. The highest BCUT2D eigenvalue weighted by Crippen LogP contribution is 2.27. The highest BCUT2D eigenvalue weighted by Gasteiger charge is 2.46. The molecule has 1 N–H and O–H groups in total. The van der Waals surface area contributed by atoms with E-state index in [1.807, 2.05) is 61.6 Å². The minimum Gasteiger partial charge on any atom is -0.492 e. The second-order valence-electron chi connectivity index (χ2n) is 9.48. The highest BCUT2D eigenvalue weighted by atomic mass is 16.5. The van der Waals surface area contributed by atoms with Crippen LogP contribution in [0.1, 0.15) is 37.8 Å². The highest BCUT2D eigenvalue weighted by molar-refractivity contribution is 6.09. The second-order valence-corrected chi connectivity index (χ2v) is 9.48. The lowest BCUT2D eigenvalue weighted by atomic mass is 9.97. The summed E-state index contributed by atoms with van der Waals surface area (Å²) in [6.07, 6.45) is 1.73. The number of ether oxygens (including phenoxy) is 2. The topological polar surface area (TPSA) is 104 Å². The van der Waals surface area contributed by atoms with Crippen LogP contribution in [0.2, 0.25) is 0 Å². The lowest BCUT2D eigenvalue weighted by Crippen LogP contribution is -2.57. The zero-order chi connectivity index (χ0) is 27.1. The van der Waals surface area contributed by atoms with E-state index in [1.54, 1.807) is 16.8 Å². The predicted octanol–water partition coefficient (Wildman–Crippen LogP) is 3.42. The average molecular weight is 521 g/mol. The zero-order valence-corrected chi connectivity index (χ0v) is 22.2. The summed E-state index contributed by atoms with van der Waals surface area (Å²) >= 11 is 0. The Hall–Kier alpha value is -3.72. The van der Waals surface area contributed by atoms with E-state index >= 15 is 0 Å². The van der Waals surface area contributed by atoms with Gasteiger partial charge < -0.3 is 14.6 Å². The molecule has 1 amide bonds. The van der Waals surface area contributed by atoms with Gasteiger partial charge in [0.2, 0.25) is 0 Å². The first-order valence-corrected chi connectivity index (χ1v) is 13.2. The van der Waals surface area contributed by atoms with Crippen molar-refractivity contribution in [3.05, 3.63) is 65.7 Å². The van der Waals surface area contributed by atoms with Gasteiger partial charge in [-0.25, -0.2) is 4.79 Å². The summed E-state index contributed by atoms with van der Waals surface area (Å²) < 4.78 is 11.3. The van der Waals surface area contributed by atoms with Gasteiger partial charge in [-0.1, -0.05) is 55.8 Å². The van der Waals surface area contributed by atoms with Crippen LogP contribution < -0.4 is 4.74 Å². The third-order valence-electron chi connectivity index (χ3n) is 6.73. The maximum absolute atomic E-state index is 13.7. The summed E-state index contributed by atoms with van der Waals surface area (Å²) in [6.45, 7) is 4.87. The fraction of sp³-hybridized carbons (Fsp3) is 0.448. The first kappa shape index (κ1) is 27.3. The van der Waals surface area contributed by atoms with Crippen LogP contribution in [0.15, 0.2) is 64.7 Å². The number of aliphatic imine (C=N–C) groups is 1. The Morgan fingerprint density at radius 3 is 2.47 bits per heavy atom. The fourth-order valence-corrected chi connectivity index (χ4v) is 4.89. The number of amides is 1. The Balaban J connectivity index is 1.44. The van der Waals surface area contributed by atoms with Crippen LogP contribution in [-0.4, -0.2) is 83.4 Å². The third-order valence-corrected chi connectivity index (χ3v) is 6.73. The van der Waals surface area contributed by atoms with Gasteiger partial charge in [-0.15, -0.1) is 0 Å². The fourth-order valence-electron chi connectivity index (χ4n) is 4.89. The maximum atomic E-state index is 13.7. The van der Waals surface area contributed by atoms with Crippen molar-refractivity contribution in [2.75, 3.05) is 26.8 Å². The monoisotopic (exact) mass is 520 g/mol. The van der Waals surface area contributed by atoms with Crippen molar-refractivity contribution in [3.63, 3.8) is 0 Å². The van der Waals surface area contributed by atoms with E-state index in [0.717, 1.165) is 35.5 Å². The number of carboxylic acids is 1. The number of amidine groups is 1. The van der Waals surface area contributed by atoms with Crippen molar-refractivity contribution in [2.24, 2.45) is 10.1 Å². The van der Waals surface area contributed by atoms with Crippen LogP contribution in [-0.2, 0) is 27.2 Å². The van der Waals surface area contributed by atoms with Crippen molar-refractivity contribution in [2.45, 2.75) is 57.7 Å². The number of hydrazone groups is 1. The number of aliphatic carboxylic acids is 1. The SMILES string of the molecule is CCCC1=NN(C)C2C(=O)N(CCOc3ccc(C[C@@H](OCC)C(=O)O)cc3)C(Cc3ccccc3)=NC12. The quantitative estimate of drug-likeness (QED) is 0.434. The molecular formula is C29H36N4O5. The number of fused-ring (bicyclic) bond motifs is 1. The number of rotatable bonds is 13. The molecule has 9 heteroatoms. The van der Waals surface area contributed by atoms with E-state index in [4.69, 9.17) is 14.5 Å². The molecule has 0 aliphatic carbocycles. The summed E-state index contributed by atoms with van der Waals surface area (Å²) in [4.78, 5) is 31.8. The molecule has 2 heterocycles. The minimum absolute atomic E-state index is 0.0112. The van der Waals surface area contributed by atoms with Gasteiger partial charge in [-0.05, 0) is 36.6 Å². The number of benzene rings is 2. The second kappa shape index (κ2) is 12.7. The van der Waals surface area contributed by atoms with Gasteiger partial charge in [0.1, 0.15) is 24.2 Å². The van der Waals surface area contributed by atoms with Crippen molar-refractivity contribution < 1.29 is 24.2 Å². The number of carbonyl (C=O) groups is 2. The van der Waals surface area contributed by atoms with E-state index in [-0.39, 0.29) is 18.4 Å². The number of carboxylic acid groups (broad SMARTS) is 1. The molecule has 0 saturated heterocycles. The van der Waals surface area contributed by atoms with E-state index in [9.17, 15) is 14.7 Å². The van der Waals surface area contributed by atoms with E-state index < -0.39 is 18.1 Å². The number of likely N-dealkylation sites (N-methyl/N-ethyl adjacent to an activating group) is 1. The minimum atomic E-state index is -0.978. The first-order valence-electron chi connectivity index (χ1n) is 13.2. The Bertz CT molecular complexity index is 1170. The Labute approximate surface area is 223 Å². The summed E-state index contributed by atoms with van der Waals surface area (Å²) in [5, 5.41) is 15.7. The third kappa shape index (κ3) is 6.39. The van der Waals surface area contributed by atoms with Crippen LogP contribution in [0.5, 0.6) is 5.75 Å². The molecule has 0 bridgehead atoms. The van der Waals surface area contributed by atoms with Crippen molar-refractivity contribution in [1.29, 1.82) is 0 Å². The van der Waals surface area contributed by atoms with Crippen LogP contribution in [0.25, 0.3) is 0 Å². The molecule has 4 rings (SSSR count). The summed E-state index contributed by atoms with van der Waals surface area (Å²) in [5.41, 5.74) is 2.90. The van der Waals surface area contributed by atoms with Gasteiger partial charge in [0.05, 0.1) is 12.3 Å². The molecule has 2 aromatic carbocycles. The first-order chi connectivity index (χ1) is 18.4. The summed E-state index contributed by atoms with van der Waals surface area (Å²) in [5.74, 6) is 0.389. The maximum Gasteiger partial charge on any atom is 0.333 e. The molecule has 0 saturated carbocycles. The summed E-state index contributed by atoms with van der Waals surface area (Å²) in [6, 6.07) is 16.6. The zero-order valence-electron chi connectivity index (χ0n) is 22.2. The molecule has 9 nitrogen and oxygen atoms in total. The van der Waals surface area contributed by atoms with Gasteiger partial charge in [-0.3, -0.25) is 19.7 Å². The predicted molar refractivity (Wildman–Crippen MR) is 146 cm³/mol. The van der Waals surface area contributed by atoms with E-state index in [0.29, 0.717) is 31.9 Å². The molecule has 2 aliphatic heterocycles. The van der Waals surface area contributed by atoms with Gasteiger partial charge in [0.25, 0.3) is 5.91 Å². The molecular weight excluding hydrogens is 484 g/mol. The lowest BCUT2D eigenvalue weighted by molar-refractivity contribution is -0.150. The number of hydrogen-bond acceptors (Lipinski definition) is 7. The normalized spacial score (nSPS) is 19.6. The van der Waals surface area contributed by atoms with Gasteiger partial charge in [0, 0.05) is 26.5 Å². The molecule has 0 aromatic heterocycles. The standard InChI is InChI=1S/C29H36N4O5/c1-4-9-23-26-27(32(3)31-23)28(34)33(25(30-26)19-20-10-7-6-8-11-20)16-17-38-22-14-12-21(13-15-22)18-24(29(35)36)37-5-2/h6-8,10-15,24,26-27H,4-5,9,16-19H2,1-3H3,(H,35,36)/t24-,26?,27?/m1/s1. The van der Waals surface area contributed by atoms with Crippen LogP contribution in [0.3, 0.4) is 0 Å². The molecule has 2 aromatic rings. The van der Waals surface area contributed by atoms with Crippen molar-refractivity contribution in [3.8, 4) is 5.75 Å². The van der Waals surface area contributed by atoms with E-state index in [1.165, 1.54) is 0 Å². The van der Waals surface area contributed by atoms with Crippen molar-refractivity contribution in [1.82, 2.24) is 9.91 Å². The van der Waals surface area contributed by atoms with Crippen molar-refractivity contribution >= 4 is 23.4 Å². The number of hydrogen-bond donors (Lipinski definition) is 1. The van der Waals surface area contributed by atoms with Crippen LogP contribution in [0.4, 0.5) is 0 Å². The van der Waals surface area contributed by atoms with E-state index in [2.05, 4.69) is 12.0 Å². The largest absolute Gasteiger partial charge is 0.492 e. The molecule has 0 radical (unpaired) electrons. The number of carbonyl (C=O) groups excluding carboxylic acids is 1. The molecule has 0 spiro atoms. The van der Waals surface area contributed by atoms with Crippen LogP contribution in [0, 0.1) is 0 Å². The van der Waals surface area contributed by atoms with Gasteiger partial charge in [0.15, 0.2) is 12.1 Å². The number of nitrogens with zero attached hydrogens (tertiary/aromatic N) is 4. The average Bonchev–Trinajstić information content (AvgIpc) is 3.22. The molecule has 2 unspecified atom stereocenters. The molecule has 3 atom stereocenters. The Morgan fingerprint density at radius 1 is 1.08 bits per heavy atom.